The Bertz CT molecular complexity index is 2190. The van der Waals surface area contributed by atoms with Gasteiger partial charge in [0.1, 0.15) is 0 Å². The Kier molecular flexibility index (Phi) is 5.79. The highest BCUT2D eigenvalue weighted by molar-refractivity contribution is 6.25. The summed E-state index contributed by atoms with van der Waals surface area (Å²) >= 11 is 0. The fourth-order valence-corrected chi connectivity index (χ4v) is 5.89. The topological polar surface area (TPSA) is 38.7 Å². The van der Waals surface area contributed by atoms with Crippen LogP contribution in [0.2, 0.25) is 0 Å². The van der Waals surface area contributed by atoms with E-state index in [1.54, 1.807) is 6.20 Å². The van der Waals surface area contributed by atoms with E-state index < -0.39 is 0 Å². The molecule has 0 unspecified atom stereocenters. The van der Waals surface area contributed by atoms with Crippen molar-refractivity contribution in [1.29, 1.82) is 0 Å². The third-order valence-electron chi connectivity index (χ3n) is 7.97. The SMILES string of the molecule is c1ccc(-c2cc(-c3ccc(-c4cccnc4)cc3)nc(-c3ccc4c5ccccc5c5ccccc5c4c3)n2)cc1. The van der Waals surface area contributed by atoms with Crippen molar-refractivity contribution in [3.8, 4) is 45.0 Å². The number of rotatable bonds is 4. The molecule has 8 rings (SSSR count). The molecule has 3 heteroatoms. The van der Waals surface area contributed by atoms with Crippen molar-refractivity contribution in [2.24, 2.45) is 0 Å². The molecular weight excluding hydrogens is 510 g/mol. The first-order valence-corrected chi connectivity index (χ1v) is 14.1. The lowest BCUT2D eigenvalue weighted by molar-refractivity contribution is 1.18. The van der Waals surface area contributed by atoms with Crippen molar-refractivity contribution in [2.45, 2.75) is 0 Å². The molecule has 0 atom stereocenters. The van der Waals surface area contributed by atoms with Gasteiger partial charge in [0.2, 0.25) is 0 Å². The third-order valence-corrected chi connectivity index (χ3v) is 7.97. The number of aromatic nitrogens is 3. The Morgan fingerprint density at radius 2 is 0.833 bits per heavy atom. The molecule has 0 N–H and O–H groups in total. The van der Waals surface area contributed by atoms with Crippen LogP contribution >= 0.6 is 0 Å². The molecule has 0 radical (unpaired) electrons. The molecule has 0 aliphatic heterocycles. The maximum absolute atomic E-state index is 5.13. The number of benzene rings is 6. The van der Waals surface area contributed by atoms with E-state index in [-0.39, 0.29) is 0 Å². The van der Waals surface area contributed by atoms with E-state index >= 15 is 0 Å². The maximum atomic E-state index is 5.13. The summed E-state index contributed by atoms with van der Waals surface area (Å²) in [5.74, 6) is 0.710. The first-order chi connectivity index (χ1) is 20.8. The Balaban J connectivity index is 1.32. The maximum Gasteiger partial charge on any atom is 0.160 e. The van der Waals surface area contributed by atoms with E-state index in [2.05, 4.69) is 120 Å². The van der Waals surface area contributed by atoms with Gasteiger partial charge in [-0.25, -0.2) is 9.97 Å². The van der Waals surface area contributed by atoms with Crippen molar-refractivity contribution in [3.63, 3.8) is 0 Å². The van der Waals surface area contributed by atoms with Crippen LogP contribution in [0.15, 0.2) is 152 Å². The van der Waals surface area contributed by atoms with Gasteiger partial charge >= 0.3 is 0 Å². The highest BCUT2D eigenvalue weighted by Gasteiger charge is 2.14. The van der Waals surface area contributed by atoms with Gasteiger partial charge in [0.05, 0.1) is 11.4 Å². The van der Waals surface area contributed by atoms with E-state index in [9.17, 15) is 0 Å². The minimum atomic E-state index is 0.710. The fraction of sp³-hybridized carbons (Fsp3) is 0. The van der Waals surface area contributed by atoms with Gasteiger partial charge in [0.25, 0.3) is 0 Å². The summed E-state index contributed by atoms with van der Waals surface area (Å²) in [6.07, 6.45) is 3.68. The van der Waals surface area contributed by atoms with Gasteiger partial charge in [-0.05, 0) is 61.6 Å². The normalized spacial score (nSPS) is 11.3. The van der Waals surface area contributed by atoms with Crippen LogP contribution in [0.5, 0.6) is 0 Å². The zero-order valence-electron chi connectivity index (χ0n) is 22.8. The zero-order valence-corrected chi connectivity index (χ0v) is 22.8. The molecule has 0 bridgehead atoms. The summed E-state index contributed by atoms with van der Waals surface area (Å²) < 4.78 is 0. The van der Waals surface area contributed by atoms with E-state index in [0.717, 1.165) is 39.2 Å². The second-order valence-corrected chi connectivity index (χ2v) is 10.5. The molecule has 8 aromatic rings. The monoisotopic (exact) mass is 535 g/mol. The van der Waals surface area contributed by atoms with Crippen molar-refractivity contribution in [1.82, 2.24) is 15.0 Å². The molecular formula is C39H25N3. The van der Waals surface area contributed by atoms with Crippen LogP contribution in [-0.4, -0.2) is 15.0 Å². The Morgan fingerprint density at radius 1 is 0.333 bits per heavy atom. The second kappa shape index (κ2) is 10.1. The quantitative estimate of drug-likeness (QED) is 0.211. The molecule has 0 saturated heterocycles. The molecule has 0 fully saturated rings. The van der Waals surface area contributed by atoms with E-state index in [1.165, 1.54) is 32.3 Å². The number of fused-ring (bicyclic) bond motifs is 6. The molecule has 0 aliphatic carbocycles. The molecule has 0 amide bonds. The predicted octanol–water partition coefficient (Wildman–Crippen LogP) is 10.00. The van der Waals surface area contributed by atoms with E-state index in [0.29, 0.717) is 5.82 Å². The Hall–Kier alpha value is -5.67. The standard InChI is InChI=1S/C39H25N3/c1-2-9-27(10-3-1)37-24-38(28-18-16-26(17-19-28)30-11-8-22-40-25-30)42-39(41-37)29-20-21-35-33-14-5-4-12-31(33)32-13-6-7-15-34(32)36(35)23-29/h1-25H. The van der Waals surface area contributed by atoms with Gasteiger partial charge in [-0.2, -0.15) is 0 Å². The predicted molar refractivity (Wildman–Crippen MR) is 174 cm³/mol. The van der Waals surface area contributed by atoms with Gasteiger partial charge in [0.15, 0.2) is 5.82 Å². The summed E-state index contributed by atoms with van der Waals surface area (Å²) in [5.41, 5.74) is 7.10. The summed E-state index contributed by atoms with van der Waals surface area (Å²) in [6.45, 7) is 0. The first kappa shape index (κ1) is 24.2. The molecule has 2 heterocycles. The van der Waals surface area contributed by atoms with Crippen LogP contribution in [0.4, 0.5) is 0 Å². The van der Waals surface area contributed by atoms with Crippen LogP contribution in [0.3, 0.4) is 0 Å². The number of nitrogens with zero attached hydrogens (tertiary/aromatic N) is 3. The average Bonchev–Trinajstić information content (AvgIpc) is 3.09. The smallest absolute Gasteiger partial charge is 0.160 e. The average molecular weight is 536 g/mol. The Labute approximate surface area is 243 Å². The second-order valence-electron chi connectivity index (χ2n) is 10.5. The summed E-state index contributed by atoms with van der Waals surface area (Å²) in [5, 5.41) is 7.46. The highest BCUT2D eigenvalue weighted by atomic mass is 14.9. The molecule has 0 aliphatic rings. The lowest BCUT2D eigenvalue weighted by atomic mass is 9.93. The van der Waals surface area contributed by atoms with Crippen LogP contribution in [0.1, 0.15) is 0 Å². The summed E-state index contributed by atoms with van der Waals surface area (Å²) in [7, 11) is 0. The lowest BCUT2D eigenvalue weighted by Gasteiger charge is -2.13. The number of hydrogen-bond acceptors (Lipinski definition) is 3. The molecule has 2 aromatic heterocycles. The van der Waals surface area contributed by atoms with Gasteiger partial charge in [0, 0.05) is 29.1 Å². The molecule has 42 heavy (non-hydrogen) atoms. The molecule has 3 nitrogen and oxygen atoms in total. The van der Waals surface area contributed by atoms with Crippen LogP contribution in [-0.2, 0) is 0 Å². The highest BCUT2D eigenvalue weighted by Crippen LogP contribution is 2.37. The summed E-state index contributed by atoms with van der Waals surface area (Å²) in [6, 6.07) is 48.9. The minimum absolute atomic E-state index is 0.710. The van der Waals surface area contributed by atoms with Crippen LogP contribution in [0, 0.1) is 0 Å². The molecule has 0 saturated carbocycles. The van der Waals surface area contributed by atoms with Crippen LogP contribution in [0.25, 0.3) is 77.3 Å². The Morgan fingerprint density at radius 3 is 1.45 bits per heavy atom. The van der Waals surface area contributed by atoms with Gasteiger partial charge < -0.3 is 0 Å². The van der Waals surface area contributed by atoms with Crippen molar-refractivity contribution in [2.75, 3.05) is 0 Å². The van der Waals surface area contributed by atoms with Gasteiger partial charge in [-0.3, -0.25) is 4.98 Å². The van der Waals surface area contributed by atoms with Gasteiger partial charge in [-0.15, -0.1) is 0 Å². The fourth-order valence-electron chi connectivity index (χ4n) is 5.89. The van der Waals surface area contributed by atoms with Crippen molar-refractivity contribution >= 4 is 32.3 Å². The molecule has 196 valence electrons. The van der Waals surface area contributed by atoms with Crippen molar-refractivity contribution in [3.05, 3.63) is 152 Å². The number of hydrogen-bond donors (Lipinski definition) is 0. The van der Waals surface area contributed by atoms with E-state index in [4.69, 9.17) is 9.97 Å². The van der Waals surface area contributed by atoms with E-state index in [1.807, 2.05) is 30.5 Å². The van der Waals surface area contributed by atoms with Crippen LogP contribution < -0.4 is 0 Å². The summed E-state index contributed by atoms with van der Waals surface area (Å²) in [4.78, 5) is 14.5. The van der Waals surface area contributed by atoms with Crippen molar-refractivity contribution < 1.29 is 0 Å². The lowest BCUT2D eigenvalue weighted by Crippen LogP contribution is -1.96. The van der Waals surface area contributed by atoms with Gasteiger partial charge in [-0.1, -0.05) is 121 Å². The molecule has 6 aromatic carbocycles. The zero-order chi connectivity index (χ0) is 27.9. The third kappa shape index (κ3) is 4.20. The molecule has 0 spiro atoms. The minimum Gasteiger partial charge on any atom is -0.264 e. The first-order valence-electron chi connectivity index (χ1n) is 14.1. The largest absolute Gasteiger partial charge is 0.264 e. The number of pyridine rings is 1.